The Hall–Kier alpha value is -3.28. The highest BCUT2D eigenvalue weighted by molar-refractivity contribution is 6.06. The molecule has 3 aromatic rings. The zero-order valence-electron chi connectivity index (χ0n) is 17.9. The van der Waals surface area contributed by atoms with Crippen LogP contribution in [-0.4, -0.2) is 21.9 Å². The normalized spacial score (nSPS) is 10.8. The molecule has 0 saturated carbocycles. The molecule has 1 N–H and O–H groups in total. The third kappa shape index (κ3) is 4.64. The summed E-state index contributed by atoms with van der Waals surface area (Å²) in [6.45, 7) is 4.54. The van der Waals surface area contributed by atoms with E-state index >= 15 is 0 Å². The van der Waals surface area contributed by atoms with Gasteiger partial charge in [-0.15, -0.1) is 0 Å². The Labute approximate surface area is 177 Å². The summed E-state index contributed by atoms with van der Waals surface area (Å²) in [4.78, 5) is 26.0. The van der Waals surface area contributed by atoms with Crippen LogP contribution in [0.5, 0.6) is 5.75 Å². The van der Waals surface area contributed by atoms with Crippen LogP contribution in [0, 0.1) is 6.92 Å². The van der Waals surface area contributed by atoms with Crippen LogP contribution >= 0.6 is 0 Å². The van der Waals surface area contributed by atoms with Crippen LogP contribution < -0.4 is 15.6 Å². The van der Waals surface area contributed by atoms with Gasteiger partial charge in [-0.1, -0.05) is 56.5 Å². The van der Waals surface area contributed by atoms with Crippen molar-refractivity contribution in [3.05, 3.63) is 76.2 Å². The lowest BCUT2D eigenvalue weighted by Crippen LogP contribution is -2.23. The number of amides is 1. The van der Waals surface area contributed by atoms with Crippen molar-refractivity contribution in [1.29, 1.82) is 0 Å². The van der Waals surface area contributed by atoms with E-state index in [1.807, 2.05) is 43.3 Å². The lowest BCUT2D eigenvalue weighted by Gasteiger charge is -2.11. The molecule has 0 radical (unpaired) electrons. The Bertz CT molecular complexity index is 1050. The number of ether oxygens (including phenoxy) is 1. The first-order valence-corrected chi connectivity index (χ1v) is 10.4. The number of benzene rings is 2. The summed E-state index contributed by atoms with van der Waals surface area (Å²) >= 11 is 0. The Morgan fingerprint density at radius 2 is 1.70 bits per heavy atom. The minimum Gasteiger partial charge on any atom is -0.493 e. The highest BCUT2D eigenvalue weighted by Gasteiger charge is 2.20. The van der Waals surface area contributed by atoms with Crippen molar-refractivity contribution in [2.75, 3.05) is 11.9 Å². The van der Waals surface area contributed by atoms with Gasteiger partial charge in [0.25, 0.3) is 11.5 Å². The molecule has 1 aromatic heterocycles. The van der Waals surface area contributed by atoms with E-state index in [9.17, 15) is 9.59 Å². The van der Waals surface area contributed by atoms with Crippen LogP contribution in [0.1, 0.15) is 48.7 Å². The Morgan fingerprint density at radius 1 is 1.00 bits per heavy atom. The molecule has 1 amide bonds. The standard InChI is InChI=1S/C24H29N3O3/c1-4-5-6-12-17-30-21-16-11-10-15-20(21)23(28)25-22-18(2)26(3)27(24(22)29)19-13-8-7-9-14-19/h7-11,13-16H,4-6,12,17H2,1-3H3,(H,25,28). The number of hydrogen-bond donors (Lipinski definition) is 1. The number of carbonyl (C=O) groups excluding carboxylic acids is 1. The topological polar surface area (TPSA) is 65.3 Å². The maximum absolute atomic E-state index is 13.0. The average Bonchev–Trinajstić information content (AvgIpc) is 2.97. The second-order valence-corrected chi connectivity index (χ2v) is 7.30. The maximum atomic E-state index is 13.0. The summed E-state index contributed by atoms with van der Waals surface area (Å²) in [5, 5.41) is 2.80. The lowest BCUT2D eigenvalue weighted by atomic mass is 10.1. The van der Waals surface area contributed by atoms with Crippen molar-refractivity contribution in [1.82, 2.24) is 9.36 Å². The van der Waals surface area contributed by atoms with Gasteiger partial charge in [0.15, 0.2) is 0 Å². The van der Waals surface area contributed by atoms with Gasteiger partial charge < -0.3 is 10.1 Å². The number of carbonyl (C=O) groups is 1. The molecule has 0 atom stereocenters. The monoisotopic (exact) mass is 407 g/mol. The number of nitrogens with zero attached hydrogens (tertiary/aromatic N) is 2. The van der Waals surface area contributed by atoms with E-state index in [1.54, 1.807) is 34.6 Å². The summed E-state index contributed by atoms with van der Waals surface area (Å²) in [6.07, 6.45) is 4.39. The van der Waals surface area contributed by atoms with E-state index in [0.717, 1.165) is 24.9 Å². The molecule has 0 saturated heterocycles. The Balaban J connectivity index is 1.81. The van der Waals surface area contributed by atoms with Crippen molar-refractivity contribution in [2.45, 2.75) is 39.5 Å². The fraction of sp³-hybridized carbons (Fsp3) is 0.333. The van der Waals surface area contributed by atoms with Gasteiger partial charge in [-0.25, -0.2) is 4.68 Å². The van der Waals surface area contributed by atoms with E-state index in [0.29, 0.717) is 23.6 Å². The average molecular weight is 408 g/mol. The van der Waals surface area contributed by atoms with Crippen LogP contribution in [0.2, 0.25) is 0 Å². The van der Waals surface area contributed by atoms with Crippen LogP contribution in [0.25, 0.3) is 5.69 Å². The van der Waals surface area contributed by atoms with Crippen LogP contribution in [0.4, 0.5) is 5.69 Å². The Morgan fingerprint density at radius 3 is 2.43 bits per heavy atom. The highest BCUT2D eigenvalue weighted by Crippen LogP contribution is 2.21. The lowest BCUT2D eigenvalue weighted by molar-refractivity contribution is 0.102. The smallest absolute Gasteiger partial charge is 0.295 e. The third-order valence-electron chi connectivity index (χ3n) is 5.18. The summed E-state index contributed by atoms with van der Waals surface area (Å²) in [5.74, 6) is 0.175. The molecule has 1 heterocycles. The van der Waals surface area contributed by atoms with Gasteiger partial charge in [0.1, 0.15) is 11.4 Å². The second-order valence-electron chi connectivity index (χ2n) is 7.30. The predicted molar refractivity (Wildman–Crippen MR) is 120 cm³/mol. The number of aromatic nitrogens is 2. The molecular formula is C24H29N3O3. The summed E-state index contributed by atoms with van der Waals surface area (Å²) in [7, 11) is 1.80. The van der Waals surface area contributed by atoms with Crippen molar-refractivity contribution < 1.29 is 9.53 Å². The quantitative estimate of drug-likeness (QED) is 0.523. The first-order valence-electron chi connectivity index (χ1n) is 10.4. The van der Waals surface area contributed by atoms with Crippen molar-refractivity contribution >= 4 is 11.6 Å². The molecule has 6 heteroatoms. The molecule has 30 heavy (non-hydrogen) atoms. The minimum absolute atomic E-state index is 0.268. The molecule has 0 fully saturated rings. The van der Waals surface area contributed by atoms with Crippen LogP contribution in [0.15, 0.2) is 59.4 Å². The zero-order chi connectivity index (χ0) is 21.5. The number of anilines is 1. The van der Waals surface area contributed by atoms with E-state index in [2.05, 4.69) is 12.2 Å². The molecule has 0 bridgehead atoms. The van der Waals surface area contributed by atoms with Gasteiger partial charge in [0.05, 0.1) is 23.6 Å². The predicted octanol–water partition coefficient (Wildman–Crippen LogP) is 4.70. The van der Waals surface area contributed by atoms with Crippen LogP contribution in [0.3, 0.4) is 0 Å². The minimum atomic E-state index is -0.356. The molecule has 0 aliphatic carbocycles. The first kappa shape index (κ1) is 21.4. The zero-order valence-corrected chi connectivity index (χ0v) is 17.9. The number of para-hydroxylation sites is 2. The van der Waals surface area contributed by atoms with E-state index in [4.69, 9.17) is 4.74 Å². The third-order valence-corrected chi connectivity index (χ3v) is 5.18. The van der Waals surface area contributed by atoms with Crippen LogP contribution in [-0.2, 0) is 7.05 Å². The summed E-state index contributed by atoms with van der Waals surface area (Å²) in [6, 6.07) is 16.5. The molecule has 158 valence electrons. The van der Waals surface area contributed by atoms with Gasteiger partial charge in [0, 0.05) is 7.05 Å². The maximum Gasteiger partial charge on any atom is 0.295 e. The van der Waals surface area contributed by atoms with Gasteiger partial charge in [-0.3, -0.25) is 14.3 Å². The molecular weight excluding hydrogens is 378 g/mol. The molecule has 3 rings (SSSR count). The van der Waals surface area contributed by atoms with Gasteiger partial charge in [0.2, 0.25) is 0 Å². The largest absolute Gasteiger partial charge is 0.493 e. The molecule has 6 nitrogen and oxygen atoms in total. The molecule has 0 aliphatic rings. The Kier molecular flexibility index (Phi) is 7.12. The van der Waals surface area contributed by atoms with E-state index in [1.165, 1.54) is 6.42 Å². The summed E-state index contributed by atoms with van der Waals surface area (Å²) < 4.78 is 9.13. The summed E-state index contributed by atoms with van der Waals surface area (Å²) in [5.41, 5.74) is 1.83. The van der Waals surface area contributed by atoms with Crippen molar-refractivity contribution in [2.24, 2.45) is 7.05 Å². The van der Waals surface area contributed by atoms with E-state index < -0.39 is 0 Å². The molecule has 2 aromatic carbocycles. The van der Waals surface area contributed by atoms with E-state index in [-0.39, 0.29) is 17.2 Å². The number of hydrogen-bond acceptors (Lipinski definition) is 3. The van der Waals surface area contributed by atoms with Gasteiger partial charge in [-0.2, -0.15) is 0 Å². The number of rotatable bonds is 9. The van der Waals surface area contributed by atoms with Gasteiger partial charge in [-0.05, 0) is 37.6 Å². The fourth-order valence-corrected chi connectivity index (χ4v) is 3.38. The van der Waals surface area contributed by atoms with Crippen molar-refractivity contribution in [3.8, 4) is 11.4 Å². The SMILES string of the molecule is CCCCCCOc1ccccc1C(=O)Nc1c(C)n(C)n(-c2ccccc2)c1=O. The molecule has 0 spiro atoms. The number of unbranched alkanes of at least 4 members (excludes halogenated alkanes) is 3. The van der Waals surface area contributed by atoms with Gasteiger partial charge >= 0.3 is 0 Å². The molecule has 0 unspecified atom stereocenters. The number of nitrogens with one attached hydrogen (secondary N) is 1. The first-order chi connectivity index (χ1) is 14.5. The van der Waals surface area contributed by atoms with Crippen molar-refractivity contribution in [3.63, 3.8) is 0 Å². The molecule has 0 aliphatic heterocycles. The second kappa shape index (κ2) is 9.96. The fourth-order valence-electron chi connectivity index (χ4n) is 3.38. The highest BCUT2D eigenvalue weighted by atomic mass is 16.5.